The highest BCUT2D eigenvalue weighted by Gasteiger charge is 2.16. The lowest BCUT2D eigenvalue weighted by Gasteiger charge is -2.19. The third kappa shape index (κ3) is 2.92. The van der Waals surface area contributed by atoms with Crippen molar-refractivity contribution >= 4 is 29.3 Å². The summed E-state index contributed by atoms with van der Waals surface area (Å²) in [6, 6.07) is 5.56. The van der Waals surface area contributed by atoms with Crippen LogP contribution in [0.4, 0.5) is 0 Å². The van der Waals surface area contributed by atoms with Crippen molar-refractivity contribution in [1.82, 2.24) is 4.90 Å². The van der Waals surface area contributed by atoms with Crippen molar-refractivity contribution in [2.24, 2.45) is 0 Å². The minimum Gasteiger partial charge on any atom is -0.339 e. The number of benzene rings is 1. The minimum atomic E-state index is 0.00546. The summed E-state index contributed by atoms with van der Waals surface area (Å²) in [4.78, 5) is 15.0. The zero-order chi connectivity index (χ0) is 12.1. The molecule has 0 aromatic heterocycles. The monoisotopic (exact) mass is 257 g/mol. The molecule has 0 atom stereocenters. The quantitative estimate of drug-likeness (QED) is 0.769. The number of amides is 1. The Hall–Kier alpha value is -0.670. The number of carbonyl (C=O) groups is 1. The van der Waals surface area contributed by atoms with E-state index in [1.54, 1.807) is 22.7 Å². The summed E-state index contributed by atoms with van der Waals surface area (Å²) in [6.07, 6.45) is 1.98. The van der Waals surface area contributed by atoms with Crippen molar-refractivity contribution < 1.29 is 4.79 Å². The molecule has 16 heavy (non-hydrogen) atoms. The third-order valence-electron chi connectivity index (χ3n) is 2.45. The SMILES string of the molecule is CCN(CC)C(=O)c1cc(SC)ccc1Cl. The van der Waals surface area contributed by atoms with Gasteiger partial charge < -0.3 is 4.90 Å². The summed E-state index contributed by atoms with van der Waals surface area (Å²) in [5.41, 5.74) is 0.595. The zero-order valence-corrected chi connectivity index (χ0v) is 11.4. The van der Waals surface area contributed by atoms with Crippen LogP contribution in [0.5, 0.6) is 0 Å². The number of hydrogen-bond donors (Lipinski definition) is 0. The van der Waals surface area contributed by atoms with Gasteiger partial charge in [-0.15, -0.1) is 11.8 Å². The summed E-state index contributed by atoms with van der Waals surface area (Å²) in [7, 11) is 0. The van der Waals surface area contributed by atoms with Crippen LogP contribution in [0.2, 0.25) is 5.02 Å². The van der Waals surface area contributed by atoms with Crippen LogP contribution in [0.3, 0.4) is 0 Å². The van der Waals surface area contributed by atoms with Gasteiger partial charge in [-0.2, -0.15) is 0 Å². The molecular weight excluding hydrogens is 242 g/mol. The van der Waals surface area contributed by atoms with Gasteiger partial charge in [-0.1, -0.05) is 11.6 Å². The van der Waals surface area contributed by atoms with Gasteiger partial charge in [0, 0.05) is 18.0 Å². The van der Waals surface area contributed by atoms with Gasteiger partial charge in [0.25, 0.3) is 5.91 Å². The maximum Gasteiger partial charge on any atom is 0.255 e. The largest absolute Gasteiger partial charge is 0.339 e. The molecule has 1 rings (SSSR count). The molecule has 4 heteroatoms. The molecular formula is C12H16ClNOS. The summed E-state index contributed by atoms with van der Waals surface area (Å²) in [6.45, 7) is 5.34. The van der Waals surface area contributed by atoms with Crippen molar-refractivity contribution in [3.8, 4) is 0 Å². The number of nitrogens with zero attached hydrogens (tertiary/aromatic N) is 1. The van der Waals surface area contributed by atoms with Gasteiger partial charge in [-0.3, -0.25) is 4.79 Å². The Labute approximate surface area is 106 Å². The average Bonchev–Trinajstić information content (AvgIpc) is 2.31. The van der Waals surface area contributed by atoms with Gasteiger partial charge in [0.15, 0.2) is 0 Å². The van der Waals surface area contributed by atoms with Crippen molar-refractivity contribution in [3.63, 3.8) is 0 Å². The Bertz CT molecular complexity index is 377. The summed E-state index contributed by atoms with van der Waals surface area (Å²) >= 11 is 7.66. The molecule has 0 spiro atoms. The van der Waals surface area contributed by atoms with E-state index in [2.05, 4.69) is 0 Å². The van der Waals surface area contributed by atoms with Crippen LogP contribution >= 0.6 is 23.4 Å². The maximum absolute atomic E-state index is 12.1. The fourth-order valence-electron chi connectivity index (χ4n) is 1.48. The Morgan fingerprint density at radius 1 is 1.38 bits per heavy atom. The van der Waals surface area contributed by atoms with Gasteiger partial charge >= 0.3 is 0 Å². The van der Waals surface area contributed by atoms with Gasteiger partial charge in [0.1, 0.15) is 0 Å². The molecule has 0 heterocycles. The van der Waals surface area contributed by atoms with E-state index in [-0.39, 0.29) is 5.91 Å². The molecule has 0 N–H and O–H groups in total. The first-order chi connectivity index (χ1) is 7.63. The molecule has 0 unspecified atom stereocenters. The highest BCUT2D eigenvalue weighted by atomic mass is 35.5. The van der Waals surface area contributed by atoms with Crippen LogP contribution in [0.15, 0.2) is 23.1 Å². The van der Waals surface area contributed by atoms with Crippen LogP contribution < -0.4 is 0 Å². The molecule has 0 fully saturated rings. The van der Waals surface area contributed by atoms with Crippen LogP contribution in [-0.2, 0) is 0 Å². The Morgan fingerprint density at radius 3 is 2.50 bits per heavy atom. The first kappa shape index (κ1) is 13.4. The van der Waals surface area contributed by atoms with E-state index in [1.165, 1.54) is 0 Å². The predicted molar refractivity (Wildman–Crippen MR) is 70.5 cm³/mol. The molecule has 0 saturated heterocycles. The molecule has 1 amide bonds. The summed E-state index contributed by atoms with van der Waals surface area (Å²) in [5.74, 6) is 0.00546. The number of halogens is 1. The second kappa shape index (κ2) is 6.16. The maximum atomic E-state index is 12.1. The van der Waals surface area contributed by atoms with Crippen LogP contribution in [-0.4, -0.2) is 30.2 Å². The lowest BCUT2D eigenvalue weighted by atomic mass is 10.2. The topological polar surface area (TPSA) is 20.3 Å². The lowest BCUT2D eigenvalue weighted by Crippen LogP contribution is -2.30. The fourth-order valence-corrected chi connectivity index (χ4v) is 2.11. The number of hydrogen-bond acceptors (Lipinski definition) is 2. The van der Waals surface area contributed by atoms with Gasteiger partial charge in [-0.05, 0) is 38.3 Å². The standard InChI is InChI=1S/C12H16ClNOS/c1-4-14(5-2)12(15)10-8-9(16-3)6-7-11(10)13/h6-8H,4-5H2,1-3H3. The van der Waals surface area contributed by atoms with E-state index in [4.69, 9.17) is 11.6 Å². The molecule has 0 aliphatic heterocycles. The highest BCUT2D eigenvalue weighted by molar-refractivity contribution is 7.98. The van der Waals surface area contributed by atoms with Crippen LogP contribution in [0.1, 0.15) is 24.2 Å². The van der Waals surface area contributed by atoms with E-state index in [0.717, 1.165) is 4.90 Å². The van der Waals surface area contributed by atoms with Crippen molar-refractivity contribution in [3.05, 3.63) is 28.8 Å². The van der Waals surface area contributed by atoms with Gasteiger partial charge in [-0.25, -0.2) is 0 Å². The number of rotatable bonds is 4. The third-order valence-corrected chi connectivity index (χ3v) is 3.51. The van der Waals surface area contributed by atoms with E-state index in [0.29, 0.717) is 23.7 Å². The predicted octanol–water partition coefficient (Wildman–Crippen LogP) is 3.54. The molecule has 2 nitrogen and oxygen atoms in total. The zero-order valence-electron chi connectivity index (χ0n) is 9.79. The Morgan fingerprint density at radius 2 is 2.00 bits per heavy atom. The van der Waals surface area contributed by atoms with Crippen molar-refractivity contribution in [2.45, 2.75) is 18.7 Å². The van der Waals surface area contributed by atoms with Crippen molar-refractivity contribution in [1.29, 1.82) is 0 Å². The van der Waals surface area contributed by atoms with Crippen LogP contribution in [0.25, 0.3) is 0 Å². The summed E-state index contributed by atoms with van der Waals surface area (Å²) in [5, 5.41) is 0.523. The van der Waals surface area contributed by atoms with Gasteiger partial charge in [0.05, 0.1) is 10.6 Å². The Balaban J connectivity index is 3.06. The van der Waals surface area contributed by atoms with E-state index in [1.807, 2.05) is 32.2 Å². The normalized spacial score (nSPS) is 10.2. The van der Waals surface area contributed by atoms with E-state index in [9.17, 15) is 4.79 Å². The second-order valence-electron chi connectivity index (χ2n) is 3.32. The Kier molecular flexibility index (Phi) is 5.16. The molecule has 0 radical (unpaired) electrons. The molecule has 1 aromatic carbocycles. The average molecular weight is 258 g/mol. The fraction of sp³-hybridized carbons (Fsp3) is 0.417. The number of thioether (sulfide) groups is 1. The van der Waals surface area contributed by atoms with Gasteiger partial charge in [0.2, 0.25) is 0 Å². The highest BCUT2D eigenvalue weighted by Crippen LogP contribution is 2.24. The molecule has 1 aromatic rings. The molecule has 0 aliphatic carbocycles. The second-order valence-corrected chi connectivity index (χ2v) is 4.61. The van der Waals surface area contributed by atoms with E-state index >= 15 is 0 Å². The number of carbonyl (C=O) groups excluding carboxylic acids is 1. The lowest BCUT2D eigenvalue weighted by molar-refractivity contribution is 0.0773. The van der Waals surface area contributed by atoms with Crippen LogP contribution in [0, 0.1) is 0 Å². The molecule has 0 aliphatic rings. The molecule has 0 bridgehead atoms. The first-order valence-corrected chi connectivity index (χ1v) is 6.87. The van der Waals surface area contributed by atoms with E-state index < -0.39 is 0 Å². The molecule has 0 saturated carbocycles. The van der Waals surface area contributed by atoms with Crippen molar-refractivity contribution in [2.75, 3.05) is 19.3 Å². The first-order valence-electron chi connectivity index (χ1n) is 5.26. The summed E-state index contributed by atoms with van der Waals surface area (Å²) < 4.78 is 0. The molecule has 88 valence electrons. The minimum absolute atomic E-state index is 0.00546. The smallest absolute Gasteiger partial charge is 0.255 e.